The molecular formula is C13H20N2O9P+. The average molecular weight is 379 g/mol. The lowest BCUT2D eigenvalue weighted by Gasteiger charge is -2.22. The lowest BCUT2D eigenvalue weighted by Crippen LogP contribution is -2.41. The normalized spacial score (nSPS) is 26.8. The van der Waals surface area contributed by atoms with Gasteiger partial charge in [-0.3, -0.25) is 14.3 Å². The molecule has 1 aliphatic heterocycles. The number of hydrogen-bond acceptors (Lipinski definition) is 8. The first-order chi connectivity index (χ1) is 11.9. The number of aryl methyl sites for hydroxylation is 1. The van der Waals surface area contributed by atoms with Crippen molar-refractivity contribution in [3.8, 4) is 0 Å². The van der Waals surface area contributed by atoms with Crippen molar-refractivity contribution >= 4 is 8.25 Å². The number of methoxy groups -OCH3 is 1. The van der Waals surface area contributed by atoms with E-state index in [0.717, 1.165) is 4.57 Å². The maximum atomic E-state index is 12.1. The summed E-state index contributed by atoms with van der Waals surface area (Å²) in [5, 5.41) is 9.46. The zero-order chi connectivity index (χ0) is 18.6. The minimum Gasteiger partial charge on any atom is -0.394 e. The van der Waals surface area contributed by atoms with E-state index >= 15 is 0 Å². The third kappa shape index (κ3) is 4.59. The number of aliphatic hydroxyl groups is 1. The van der Waals surface area contributed by atoms with Crippen molar-refractivity contribution in [2.75, 3.05) is 26.9 Å². The van der Waals surface area contributed by atoms with Crippen molar-refractivity contribution in [2.24, 2.45) is 0 Å². The van der Waals surface area contributed by atoms with Gasteiger partial charge in [-0.05, 0) is 6.92 Å². The highest BCUT2D eigenvalue weighted by Crippen LogP contribution is 2.37. The fourth-order valence-electron chi connectivity index (χ4n) is 2.53. The Morgan fingerprint density at radius 3 is 2.68 bits per heavy atom. The summed E-state index contributed by atoms with van der Waals surface area (Å²) in [6, 6.07) is 0. The van der Waals surface area contributed by atoms with Crippen LogP contribution in [0.4, 0.5) is 0 Å². The monoisotopic (exact) mass is 379 g/mol. The molecule has 25 heavy (non-hydrogen) atoms. The molecule has 2 rings (SSSR count). The first-order valence-electron chi connectivity index (χ1n) is 7.40. The molecule has 140 valence electrons. The van der Waals surface area contributed by atoms with E-state index in [0.29, 0.717) is 0 Å². The van der Waals surface area contributed by atoms with Gasteiger partial charge in [-0.1, -0.05) is 0 Å². The van der Waals surface area contributed by atoms with Crippen LogP contribution >= 0.6 is 8.25 Å². The maximum Gasteiger partial charge on any atom is 0.695 e. The molecule has 12 heteroatoms. The summed E-state index contributed by atoms with van der Waals surface area (Å²) in [5.74, 6) is 0. The molecule has 0 aromatic carbocycles. The van der Waals surface area contributed by atoms with Gasteiger partial charge in [0.05, 0.1) is 19.8 Å². The second kappa shape index (κ2) is 8.77. The second-order valence-electron chi connectivity index (χ2n) is 5.36. The van der Waals surface area contributed by atoms with E-state index < -0.39 is 50.7 Å². The molecule has 1 saturated heterocycles. The predicted octanol–water partition coefficient (Wildman–Crippen LogP) is -1.20. The van der Waals surface area contributed by atoms with Gasteiger partial charge in [0, 0.05) is 23.4 Å². The summed E-state index contributed by atoms with van der Waals surface area (Å²) in [6.45, 7) is 1.31. The van der Waals surface area contributed by atoms with Gasteiger partial charge in [0.2, 0.25) is 0 Å². The molecule has 3 N–H and O–H groups in total. The van der Waals surface area contributed by atoms with Crippen LogP contribution in [0.15, 0.2) is 15.8 Å². The van der Waals surface area contributed by atoms with Gasteiger partial charge in [-0.25, -0.2) is 4.79 Å². The van der Waals surface area contributed by atoms with Crippen LogP contribution in [-0.4, -0.2) is 64.8 Å². The molecule has 0 amide bonds. The van der Waals surface area contributed by atoms with E-state index in [2.05, 4.69) is 4.98 Å². The highest BCUT2D eigenvalue weighted by molar-refractivity contribution is 7.32. The molecule has 1 aromatic rings. The van der Waals surface area contributed by atoms with Gasteiger partial charge in [0.1, 0.15) is 12.2 Å². The first-order valence-corrected chi connectivity index (χ1v) is 8.54. The molecule has 11 nitrogen and oxygen atoms in total. The molecule has 0 spiro atoms. The molecular weight excluding hydrogens is 359 g/mol. The number of aromatic amines is 1. The van der Waals surface area contributed by atoms with E-state index in [1.165, 1.54) is 20.2 Å². The maximum absolute atomic E-state index is 12.1. The minimum absolute atomic E-state index is 0.0956. The molecule has 1 aliphatic rings. The summed E-state index contributed by atoms with van der Waals surface area (Å²) >= 11 is 0. The van der Waals surface area contributed by atoms with Crippen molar-refractivity contribution in [2.45, 2.75) is 31.5 Å². The molecule has 2 heterocycles. The quantitative estimate of drug-likeness (QED) is 0.374. The highest BCUT2D eigenvalue weighted by Gasteiger charge is 2.51. The number of rotatable bonds is 8. The lowest BCUT2D eigenvalue weighted by atomic mass is 10.1. The lowest BCUT2D eigenvalue weighted by molar-refractivity contribution is -0.0811. The zero-order valence-corrected chi connectivity index (χ0v) is 14.5. The van der Waals surface area contributed by atoms with Crippen molar-refractivity contribution in [1.82, 2.24) is 9.55 Å². The van der Waals surface area contributed by atoms with Gasteiger partial charge in [0.25, 0.3) is 5.56 Å². The summed E-state index contributed by atoms with van der Waals surface area (Å²) < 4.78 is 33.2. The Balaban J connectivity index is 2.39. The Kier molecular flexibility index (Phi) is 6.96. The number of nitrogens with zero attached hydrogens (tertiary/aromatic N) is 1. The standard InChI is InChI=1S/C13H19N2O9P/c1-7-5-15(13(18)14-11(7)17)12-10(22-4-3-21-2)9(24-25(19)20)8(6-16)23-12/h5,8-10,12,16H,3-4,6H2,1-2H3,(H-,14,17,18,19,20)/p+1/t8-,9+,10?,12-/m1/s1. The highest BCUT2D eigenvalue weighted by atomic mass is 31.1. The Morgan fingerprint density at radius 2 is 2.08 bits per heavy atom. The molecule has 2 unspecified atom stereocenters. The van der Waals surface area contributed by atoms with Crippen molar-refractivity contribution in [3.63, 3.8) is 0 Å². The van der Waals surface area contributed by atoms with Crippen molar-refractivity contribution in [3.05, 3.63) is 32.6 Å². The first kappa shape index (κ1) is 19.9. The van der Waals surface area contributed by atoms with Crippen LogP contribution in [0, 0.1) is 6.92 Å². The molecule has 0 radical (unpaired) electrons. The molecule has 0 bridgehead atoms. The third-order valence-corrected chi connectivity index (χ3v) is 4.12. The molecule has 5 atom stereocenters. The molecule has 0 aliphatic carbocycles. The van der Waals surface area contributed by atoms with E-state index in [9.17, 15) is 19.3 Å². The SMILES string of the molecule is COCCOC1[C@@H](O[P+](=O)O)[C@@H](CO)O[C@H]1n1cc(C)c(=O)[nH]c1=O. The van der Waals surface area contributed by atoms with Crippen molar-refractivity contribution in [1.29, 1.82) is 0 Å². The van der Waals surface area contributed by atoms with E-state index in [4.69, 9.17) is 23.6 Å². The summed E-state index contributed by atoms with van der Waals surface area (Å²) in [6.07, 6.45) is -2.87. The Labute approximate surface area is 143 Å². The van der Waals surface area contributed by atoms with Crippen LogP contribution in [0.1, 0.15) is 11.8 Å². The smallest absolute Gasteiger partial charge is 0.394 e. The summed E-state index contributed by atoms with van der Waals surface area (Å²) in [7, 11) is -1.52. The zero-order valence-electron chi connectivity index (χ0n) is 13.7. The number of nitrogens with one attached hydrogen (secondary N) is 1. The molecule has 1 aromatic heterocycles. The minimum atomic E-state index is -2.99. The van der Waals surface area contributed by atoms with Gasteiger partial charge in [-0.2, -0.15) is 0 Å². The Hall–Kier alpha value is -1.46. The largest absolute Gasteiger partial charge is 0.695 e. The van der Waals surface area contributed by atoms with Gasteiger partial charge in [0.15, 0.2) is 12.3 Å². The van der Waals surface area contributed by atoms with E-state index in [1.807, 2.05) is 0 Å². The Bertz CT molecular complexity index is 718. The number of aromatic nitrogens is 2. The Morgan fingerprint density at radius 1 is 1.36 bits per heavy atom. The topological polar surface area (TPSA) is 149 Å². The van der Waals surface area contributed by atoms with Crippen LogP contribution in [0.3, 0.4) is 0 Å². The number of H-pyrrole nitrogens is 1. The second-order valence-corrected chi connectivity index (χ2v) is 6.05. The van der Waals surface area contributed by atoms with Crippen LogP contribution < -0.4 is 11.2 Å². The van der Waals surface area contributed by atoms with Crippen LogP contribution in [0.2, 0.25) is 0 Å². The van der Waals surface area contributed by atoms with Crippen molar-refractivity contribution < 1.29 is 33.3 Å². The summed E-state index contributed by atoms with van der Waals surface area (Å²) in [4.78, 5) is 34.9. The third-order valence-electron chi connectivity index (χ3n) is 3.70. The fraction of sp³-hybridized carbons (Fsp3) is 0.692. The number of ether oxygens (including phenoxy) is 3. The predicted molar refractivity (Wildman–Crippen MR) is 83.4 cm³/mol. The van der Waals surface area contributed by atoms with Crippen LogP contribution in [-0.2, 0) is 23.3 Å². The van der Waals surface area contributed by atoms with Gasteiger partial charge >= 0.3 is 13.9 Å². The van der Waals surface area contributed by atoms with Gasteiger partial charge < -0.3 is 19.3 Å². The molecule has 1 fully saturated rings. The number of aliphatic hydroxyl groups excluding tert-OH is 1. The number of hydrogen-bond donors (Lipinski definition) is 3. The van der Waals surface area contributed by atoms with Crippen LogP contribution in [0.5, 0.6) is 0 Å². The van der Waals surface area contributed by atoms with E-state index in [1.54, 1.807) is 0 Å². The van der Waals surface area contributed by atoms with Crippen LogP contribution in [0.25, 0.3) is 0 Å². The van der Waals surface area contributed by atoms with Gasteiger partial charge in [-0.15, -0.1) is 9.42 Å². The average Bonchev–Trinajstić information content (AvgIpc) is 2.88. The summed E-state index contributed by atoms with van der Waals surface area (Å²) in [5.41, 5.74) is -1.02. The fourth-order valence-corrected chi connectivity index (χ4v) is 2.99. The molecule has 0 saturated carbocycles. The van der Waals surface area contributed by atoms with E-state index in [-0.39, 0.29) is 18.8 Å².